The molecule has 0 saturated carbocycles. The number of aliphatic carboxylic acids is 1. The molecule has 1 unspecified atom stereocenters. The molecule has 0 radical (unpaired) electrons. The van der Waals surface area contributed by atoms with Crippen molar-refractivity contribution >= 4 is 23.5 Å². The molecule has 0 heterocycles. The van der Waals surface area contributed by atoms with Gasteiger partial charge in [0.1, 0.15) is 11.9 Å². The number of carboxylic acid groups (broad SMARTS) is 1. The van der Waals surface area contributed by atoms with Gasteiger partial charge in [-0.05, 0) is 18.6 Å². The Hall–Kier alpha value is -1.62. The fourth-order valence-corrected chi connectivity index (χ4v) is 1.99. The number of nitrogens with zero attached hydrogens (tertiary/aromatic N) is 1. The molecular weight excluding hydrogens is 273 g/mol. The number of carboxylic acids is 1. The maximum absolute atomic E-state index is 13.5. The number of hydrogen-bond acceptors (Lipinski definition) is 2. The number of halogens is 2. The third-order valence-corrected chi connectivity index (χ3v) is 3.28. The van der Waals surface area contributed by atoms with Crippen LogP contribution in [0.25, 0.3) is 0 Å². The number of benzene rings is 1. The smallest absolute Gasteiger partial charge is 0.326 e. The Morgan fingerprint density at radius 3 is 2.58 bits per heavy atom. The fourth-order valence-electron chi connectivity index (χ4n) is 1.77. The Morgan fingerprint density at radius 2 is 2.11 bits per heavy atom. The number of rotatable bonds is 5. The lowest BCUT2D eigenvalue weighted by Gasteiger charge is -2.24. The molecule has 0 saturated heterocycles. The van der Waals surface area contributed by atoms with Crippen molar-refractivity contribution in [1.29, 1.82) is 0 Å². The summed E-state index contributed by atoms with van der Waals surface area (Å²) in [7, 11) is 1.39. The highest BCUT2D eigenvalue weighted by atomic mass is 35.5. The van der Waals surface area contributed by atoms with Crippen molar-refractivity contribution in [2.45, 2.75) is 25.8 Å². The summed E-state index contributed by atoms with van der Waals surface area (Å²) in [5.41, 5.74) is 0.0845. The molecule has 0 aromatic heterocycles. The highest BCUT2D eigenvalue weighted by Crippen LogP contribution is 2.20. The third-order valence-electron chi connectivity index (χ3n) is 2.92. The van der Waals surface area contributed by atoms with Crippen LogP contribution in [0.4, 0.5) is 4.39 Å². The Balaban J connectivity index is 2.88. The van der Waals surface area contributed by atoms with E-state index in [1.54, 1.807) is 6.92 Å². The fraction of sp³-hybridized carbons (Fsp3) is 0.385. The molecule has 1 N–H and O–H groups in total. The normalized spacial score (nSPS) is 12.0. The predicted molar refractivity (Wildman–Crippen MR) is 69.6 cm³/mol. The van der Waals surface area contributed by atoms with Crippen LogP contribution >= 0.6 is 11.6 Å². The van der Waals surface area contributed by atoms with Gasteiger partial charge < -0.3 is 10.0 Å². The van der Waals surface area contributed by atoms with Crippen LogP contribution in [0.5, 0.6) is 0 Å². The van der Waals surface area contributed by atoms with Gasteiger partial charge in [-0.3, -0.25) is 4.79 Å². The minimum absolute atomic E-state index is 0.0845. The molecule has 1 atom stereocenters. The Morgan fingerprint density at radius 1 is 1.47 bits per heavy atom. The lowest BCUT2D eigenvalue weighted by molar-refractivity contribution is -0.148. The number of hydrogen-bond donors (Lipinski definition) is 1. The second-order valence-electron chi connectivity index (χ2n) is 4.14. The van der Waals surface area contributed by atoms with Crippen molar-refractivity contribution in [3.8, 4) is 0 Å². The summed E-state index contributed by atoms with van der Waals surface area (Å²) in [6, 6.07) is 3.23. The topological polar surface area (TPSA) is 57.6 Å². The molecule has 0 spiro atoms. The van der Waals surface area contributed by atoms with Crippen molar-refractivity contribution in [3.05, 3.63) is 34.6 Å². The van der Waals surface area contributed by atoms with Crippen LogP contribution < -0.4 is 0 Å². The summed E-state index contributed by atoms with van der Waals surface area (Å²) < 4.78 is 13.5. The number of carbonyl (C=O) groups is 2. The summed E-state index contributed by atoms with van der Waals surface area (Å²) in [5, 5.41) is 9.13. The van der Waals surface area contributed by atoms with E-state index in [0.717, 1.165) is 4.90 Å². The lowest BCUT2D eigenvalue weighted by Crippen LogP contribution is -2.42. The molecule has 1 amide bonds. The molecule has 19 heavy (non-hydrogen) atoms. The molecule has 0 aliphatic carbocycles. The standard InChI is InChI=1S/C13H15ClFNO3/c1-3-11(13(18)19)16(2)12(17)7-8-9(14)5-4-6-10(8)15/h4-6,11H,3,7H2,1-2H3,(H,18,19). The number of amides is 1. The van der Waals surface area contributed by atoms with Crippen molar-refractivity contribution in [3.63, 3.8) is 0 Å². The van der Waals surface area contributed by atoms with Gasteiger partial charge >= 0.3 is 5.97 Å². The van der Waals surface area contributed by atoms with Crippen LogP contribution in [0.15, 0.2) is 18.2 Å². The average molecular weight is 288 g/mol. The zero-order valence-corrected chi connectivity index (χ0v) is 11.4. The molecule has 4 nitrogen and oxygen atoms in total. The number of likely N-dealkylation sites (N-methyl/N-ethyl adjacent to an activating group) is 1. The molecule has 104 valence electrons. The summed E-state index contributed by atoms with van der Waals surface area (Å²) in [6.45, 7) is 1.67. The summed E-state index contributed by atoms with van der Waals surface area (Å²) in [4.78, 5) is 24.0. The first-order valence-electron chi connectivity index (χ1n) is 5.79. The SMILES string of the molecule is CCC(C(=O)O)N(C)C(=O)Cc1c(F)cccc1Cl. The lowest BCUT2D eigenvalue weighted by atomic mass is 10.1. The zero-order chi connectivity index (χ0) is 14.6. The highest BCUT2D eigenvalue weighted by Gasteiger charge is 2.25. The van der Waals surface area contributed by atoms with Crippen LogP contribution in [-0.4, -0.2) is 35.0 Å². The largest absolute Gasteiger partial charge is 0.480 e. The van der Waals surface area contributed by atoms with Crippen molar-refractivity contribution in [2.75, 3.05) is 7.05 Å². The van der Waals surface area contributed by atoms with Crippen LogP contribution in [0.3, 0.4) is 0 Å². The minimum atomic E-state index is -1.09. The van der Waals surface area contributed by atoms with Crippen molar-refractivity contribution < 1.29 is 19.1 Å². The van der Waals surface area contributed by atoms with Crippen molar-refractivity contribution in [1.82, 2.24) is 4.90 Å². The molecule has 0 bridgehead atoms. The van der Waals surface area contributed by atoms with Gasteiger partial charge in [-0.15, -0.1) is 0 Å². The maximum atomic E-state index is 13.5. The van der Waals surface area contributed by atoms with Crippen LogP contribution in [0.2, 0.25) is 5.02 Å². The molecule has 1 rings (SSSR count). The third kappa shape index (κ3) is 3.67. The maximum Gasteiger partial charge on any atom is 0.326 e. The van der Waals surface area contributed by atoms with Gasteiger partial charge in [-0.2, -0.15) is 0 Å². The first-order valence-corrected chi connectivity index (χ1v) is 6.17. The van der Waals surface area contributed by atoms with Gasteiger partial charge in [0.2, 0.25) is 5.91 Å². The monoisotopic (exact) mass is 287 g/mol. The van der Waals surface area contributed by atoms with Gasteiger partial charge in [-0.25, -0.2) is 9.18 Å². The molecule has 0 aliphatic heterocycles. The molecule has 1 aromatic rings. The van der Waals surface area contributed by atoms with Gasteiger partial charge in [0.15, 0.2) is 0 Å². The molecular formula is C13H15ClFNO3. The quantitative estimate of drug-likeness (QED) is 0.904. The first kappa shape index (κ1) is 15.4. The molecule has 0 fully saturated rings. The molecule has 6 heteroatoms. The van der Waals surface area contributed by atoms with Gasteiger partial charge in [0, 0.05) is 17.6 Å². The summed E-state index contributed by atoms with van der Waals surface area (Å²) >= 11 is 5.83. The summed E-state index contributed by atoms with van der Waals surface area (Å²) in [6.07, 6.45) is 0.0222. The van der Waals surface area contributed by atoms with Crippen molar-refractivity contribution in [2.24, 2.45) is 0 Å². The number of carbonyl (C=O) groups excluding carboxylic acids is 1. The van der Waals surface area contributed by atoms with E-state index in [1.165, 1.54) is 25.2 Å². The minimum Gasteiger partial charge on any atom is -0.480 e. The zero-order valence-electron chi connectivity index (χ0n) is 10.7. The van der Waals surface area contributed by atoms with Gasteiger partial charge in [0.05, 0.1) is 6.42 Å². The van der Waals surface area contributed by atoms with E-state index < -0.39 is 23.7 Å². The van der Waals surface area contributed by atoms with Crippen LogP contribution in [0, 0.1) is 5.82 Å². The highest BCUT2D eigenvalue weighted by molar-refractivity contribution is 6.31. The van der Waals surface area contributed by atoms with Crippen LogP contribution in [0.1, 0.15) is 18.9 Å². The second-order valence-corrected chi connectivity index (χ2v) is 4.55. The second kappa shape index (κ2) is 6.52. The van der Waals surface area contributed by atoms with E-state index in [2.05, 4.69) is 0 Å². The van der Waals surface area contributed by atoms with E-state index in [4.69, 9.17) is 16.7 Å². The predicted octanol–water partition coefficient (Wildman–Crippen LogP) is 2.34. The van der Waals surface area contributed by atoms with Gasteiger partial charge in [0.25, 0.3) is 0 Å². The van der Waals surface area contributed by atoms with E-state index in [-0.39, 0.29) is 23.4 Å². The van der Waals surface area contributed by atoms with E-state index in [0.29, 0.717) is 0 Å². The Kier molecular flexibility index (Phi) is 5.30. The van der Waals surface area contributed by atoms with Crippen LogP contribution in [-0.2, 0) is 16.0 Å². The average Bonchev–Trinajstić information content (AvgIpc) is 2.34. The van der Waals surface area contributed by atoms with E-state index in [1.807, 2.05) is 0 Å². The Bertz CT molecular complexity index is 473. The summed E-state index contributed by atoms with van der Waals surface area (Å²) in [5.74, 6) is -2.14. The Labute approximate surface area is 115 Å². The first-order chi connectivity index (χ1) is 8.88. The van der Waals surface area contributed by atoms with E-state index >= 15 is 0 Å². The van der Waals surface area contributed by atoms with Gasteiger partial charge in [-0.1, -0.05) is 24.6 Å². The van der Waals surface area contributed by atoms with E-state index in [9.17, 15) is 14.0 Å². The molecule has 1 aromatic carbocycles. The molecule has 0 aliphatic rings.